The lowest BCUT2D eigenvalue weighted by molar-refractivity contribution is -0.140. The van der Waals surface area contributed by atoms with E-state index in [1.165, 1.54) is 11.0 Å². The lowest BCUT2D eigenvalue weighted by Crippen LogP contribution is -2.52. The van der Waals surface area contributed by atoms with Gasteiger partial charge in [0.2, 0.25) is 21.8 Å². The quantitative estimate of drug-likeness (QED) is 0.547. The number of halogens is 1. The highest BCUT2D eigenvalue weighted by Crippen LogP contribution is 2.25. The van der Waals surface area contributed by atoms with Gasteiger partial charge in [0.25, 0.3) is 0 Å². The molecule has 2 aromatic carbocycles. The van der Waals surface area contributed by atoms with Crippen LogP contribution in [0.15, 0.2) is 42.5 Å². The lowest BCUT2D eigenvalue weighted by atomic mass is 10.1. The van der Waals surface area contributed by atoms with Crippen molar-refractivity contribution in [1.29, 1.82) is 0 Å². The van der Waals surface area contributed by atoms with E-state index in [0.29, 0.717) is 23.7 Å². The Hall–Kier alpha value is -2.58. The van der Waals surface area contributed by atoms with Crippen molar-refractivity contribution >= 4 is 39.1 Å². The number of hydrogen-bond acceptors (Lipinski definition) is 4. The molecule has 0 saturated heterocycles. The van der Waals surface area contributed by atoms with E-state index in [9.17, 15) is 18.0 Å². The van der Waals surface area contributed by atoms with Gasteiger partial charge < -0.3 is 10.2 Å². The topological polar surface area (TPSA) is 86.8 Å². The zero-order chi connectivity index (χ0) is 24.8. The van der Waals surface area contributed by atoms with E-state index < -0.39 is 28.5 Å². The summed E-state index contributed by atoms with van der Waals surface area (Å²) in [5.41, 5.74) is 2.97. The minimum absolute atomic E-state index is 0.183. The van der Waals surface area contributed by atoms with Crippen LogP contribution in [0, 0.1) is 13.8 Å². The first kappa shape index (κ1) is 26.7. The van der Waals surface area contributed by atoms with Crippen LogP contribution in [-0.4, -0.2) is 50.5 Å². The number of hydrogen-bond donors (Lipinski definition) is 1. The van der Waals surface area contributed by atoms with Crippen LogP contribution in [0.3, 0.4) is 0 Å². The van der Waals surface area contributed by atoms with Crippen molar-refractivity contribution in [2.24, 2.45) is 0 Å². The molecule has 0 spiro atoms. The second-order valence-electron chi connectivity index (χ2n) is 8.03. The molecule has 7 nitrogen and oxygen atoms in total. The van der Waals surface area contributed by atoms with Crippen molar-refractivity contribution in [2.45, 2.75) is 46.7 Å². The molecule has 0 aliphatic heterocycles. The van der Waals surface area contributed by atoms with E-state index in [-0.39, 0.29) is 12.5 Å². The number of aryl methyl sites for hydroxylation is 2. The number of anilines is 1. The van der Waals surface area contributed by atoms with Crippen LogP contribution in [0.4, 0.5) is 5.69 Å². The van der Waals surface area contributed by atoms with Crippen molar-refractivity contribution < 1.29 is 18.0 Å². The van der Waals surface area contributed by atoms with Crippen molar-refractivity contribution in [3.8, 4) is 0 Å². The molecule has 0 unspecified atom stereocenters. The van der Waals surface area contributed by atoms with E-state index in [4.69, 9.17) is 11.6 Å². The number of likely N-dealkylation sites (N-methyl/N-ethyl adjacent to an activating group) is 1. The number of amides is 2. The number of carbonyl (C=O) groups is 2. The van der Waals surface area contributed by atoms with Gasteiger partial charge in [-0.05, 0) is 50.5 Å². The first-order valence-electron chi connectivity index (χ1n) is 10.8. The molecule has 0 aromatic heterocycles. The predicted molar refractivity (Wildman–Crippen MR) is 133 cm³/mol. The van der Waals surface area contributed by atoms with Gasteiger partial charge in [0.1, 0.15) is 12.6 Å². The lowest BCUT2D eigenvalue weighted by Gasteiger charge is -2.33. The zero-order valence-corrected chi connectivity index (χ0v) is 21.3. The third-order valence-corrected chi connectivity index (χ3v) is 6.84. The van der Waals surface area contributed by atoms with Crippen LogP contribution < -0.4 is 9.62 Å². The van der Waals surface area contributed by atoms with Crippen molar-refractivity contribution in [3.05, 3.63) is 64.2 Å². The normalized spacial score (nSPS) is 12.2. The maximum atomic E-state index is 13.5. The third-order valence-electron chi connectivity index (χ3n) is 5.29. The SMILES string of the molecule is CCNC(=O)[C@H](CC)N(Cc1cccc(C)c1)C(=O)CN(c1ccc(C)c(Cl)c1)S(C)(=O)=O. The van der Waals surface area contributed by atoms with Crippen molar-refractivity contribution in [1.82, 2.24) is 10.2 Å². The van der Waals surface area contributed by atoms with Crippen LogP contribution in [0.5, 0.6) is 0 Å². The summed E-state index contributed by atoms with van der Waals surface area (Å²) in [6, 6.07) is 11.8. The van der Waals surface area contributed by atoms with E-state index in [1.807, 2.05) is 52.0 Å². The fraction of sp³-hybridized carbons (Fsp3) is 0.417. The second-order valence-corrected chi connectivity index (χ2v) is 10.3. The molecule has 33 heavy (non-hydrogen) atoms. The van der Waals surface area contributed by atoms with Crippen LogP contribution >= 0.6 is 11.6 Å². The molecule has 0 saturated carbocycles. The highest BCUT2D eigenvalue weighted by molar-refractivity contribution is 7.92. The smallest absolute Gasteiger partial charge is 0.244 e. The van der Waals surface area contributed by atoms with Crippen LogP contribution in [0.25, 0.3) is 0 Å². The van der Waals surface area contributed by atoms with Gasteiger partial charge in [0.15, 0.2) is 0 Å². The van der Waals surface area contributed by atoms with E-state index >= 15 is 0 Å². The summed E-state index contributed by atoms with van der Waals surface area (Å²) >= 11 is 6.21. The average molecular weight is 494 g/mol. The molecule has 0 aliphatic carbocycles. The molecule has 180 valence electrons. The fourth-order valence-electron chi connectivity index (χ4n) is 3.57. The molecule has 2 rings (SSSR count). The minimum atomic E-state index is -3.79. The Kier molecular flexibility index (Phi) is 9.31. The monoisotopic (exact) mass is 493 g/mol. The van der Waals surface area contributed by atoms with Crippen LogP contribution in [-0.2, 0) is 26.2 Å². The number of sulfonamides is 1. The summed E-state index contributed by atoms with van der Waals surface area (Å²) in [6.07, 6.45) is 1.43. The predicted octanol–water partition coefficient (Wildman–Crippen LogP) is 3.67. The number of nitrogens with one attached hydrogen (secondary N) is 1. The van der Waals surface area contributed by atoms with Gasteiger partial charge in [0.05, 0.1) is 11.9 Å². The van der Waals surface area contributed by atoms with Gasteiger partial charge in [-0.3, -0.25) is 13.9 Å². The molecule has 0 aliphatic rings. The first-order chi connectivity index (χ1) is 15.5. The molecule has 1 atom stereocenters. The summed E-state index contributed by atoms with van der Waals surface area (Å²) in [6.45, 7) is 7.56. The maximum absolute atomic E-state index is 13.5. The van der Waals surface area contributed by atoms with Crippen molar-refractivity contribution in [2.75, 3.05) is 23.7 Å². The van der Waals surface area contributed by atoms with Gasteiger partial charge in [-0.15, -0.1) is 0 Å². The molecule has 1 N–H and O–H groups in total. The molecular formula is C24H32ClN3O4S. The third kappa shape index (κ3) is 7.20. The highest BCUT2D eigenvalue weighted by atomic mass is 35.5. The van der Waals surface area contributed by atoms with E-state index in [2.05, 4.69) is 5.32 Å². The number of benzene rings is 2. The van der Waals surface area contributed by atoms with Crippen LogP contribution in [0.1, 0.15) is 37.0 Å². The fourth-order valence-corrected chi connectivity index (χ4v) is 4.59. The van der Waals surface area contributed by atoms with Gasteiger partial charge in [-0.1, -0.05) is 54.4 Å². The molecular weight excluding hydrogens is 462 g/mol. The van der Waals surface area contributed by atoms with E-state index in [0.717, 1.165) is 27.3 Å². The van der Waals surface area contributed by atoms with Gasteiger partial charge in [-0.2, -0.15) is 0 Å². The van der Waals surface area contributed by atoms with Gasteiger partial charge >= 0.3 is 0 Å². The second kappa shape index (κ2) is 11.5. The largest absolute Gasteiger partial charge is 0.355 e. The van der Waals surface area contributed by atoms with Gasteiger partial charge in [0, 0.05) is 18.1 Å². The summed E-state index contributed by atoms with van der Waals surface area (Å²) in [5, 5.41) is 3.18. The Balaban J connectivity index is 2.45. The number of rotatable bonds is 10. The molecule has 2 aromatic rings. The summed E-state index contributed by atoms with van der Waals surface area (Å²) in [4.78, 5) is 27.7. The number of carbonyl (C=O) groups excluding carboxylic acids is 2. The standard InChI is InChI=1S/C24H32ClN3O4S/c1-6-22(24(30)26-7-2)27(15-19-10-8-9-17(3)13-19)23(29)16-28(33(5,31)32)20-12-11-18(4)21(25)14-20/h8-14,22H,6-7,15-16H2,1-5H3,(H,26,30)/t22-/m0/s1. The molecule has 9 heteroatoms. The molecule has 0 heterocycles. The Labute approximate surface area is 201 Å². The zero-order valence-electron chi connectivity index (χ0n) is 19.8. The average Bonchev–Trinajstić information content (AvgIpc) is 2.73. The Morgan fingerprint density at radius 3 is 2.33 bits per heavy atom. The maximum Gasteiger partial charge on any atom is 0.244 e. The summed E-state index contributed by atoms with van der Waals surface area (Å²) < 4.78 is 26.2. The molecule has 0 bridgehead atoms. The van der Waals surface area contributed by atoms with Gasteiger partial charge in [-0.25, -0.2) is 8.42 Å². The van der Waals surface area contributed by atoms with Crippen molar-refractivity contribution in [3.63, 3.8) is 0 Å². The molecule has 2 amide bonds. The molecule has 0 fully saturated rings. The Morgan fingerprint density at radius 2 is 1.79 bits per heavy atom. The van der Waals surface area contributed by atoms with E-state index in [1.54, 1.807) is 12.1 Å². The summed E-state index contributed by atoms with van der Waals surface area (Å²) in [7, 11) is -3.79. The first-order valence-corrected chi connectivity index (χ1v) is 13.1. The number of nitrogens with zero attached hydrogens (tertiary/aromatic N) is 2. The Bertz CT molecular complexity index is 1100. The molecule has 0 radical (unpaired) electrons. The highest BCUT2D eigenvalue weighted by Gasteiger charge is 2.31. The van der Waals surface area contributed by atoms with Crippen LogP contribution in [0.2, 0.25) is 5.02 Å². The minimum Gasteiger partial charge on any atom is -0.355 e. The summed E-state index contributed by atoms with van der Waals surface area (Å²) in [5.74, 6) is -0.748. The Morgan fingerprint density at radius 1 is 1.09 bits per heavy atom.